The van der Waals surface area contributed by atoms with E-state index < -0.39 is 5.92 Å². The van der Waals surface area contributed by atoms with E-state index in [1.807, 2.05) is 36.4 Å². The maximum atomic E-state index is 13.7. The summed E-state index contributed by atoms with van der Waals surface area (Å²) in [6.45, 7) is 2.28. The number of carbonyl (C=O) groups excluding carboxylic acids is 2. The van der Waals surface area contributed by atoms with Gasteiger partial charge in [0.15, 0.2) is 11.6 Å². The van der Waals surface area contributed by atoms with Gasteiger partial charge in [-0.05, 0) is 40.5 Å². The van der Waals surface area contributed by atoms with Crippen LogP contribution in [0.25, 0.3) is 21.9 Å². The molecule has 5 rings (SSSR count). The second-order valence-electron chi connectivity index (χ2n) is 12.9. The summed E-state index contributed by atoms with van der Waals surface area (Å²) in [6, 6.07) is 11.7. The molecule has 1 unspecified atom stereocenters. The second-order valence-corrected chi connectivity index (χ2v) is 14.7. The Bertz CT molecular complexity index is 1440. The van der Waals surface area contributed by atoms with Crippen molar-refractivity contribution >= 4 is 54.2 Å². The third kappa shape index (κ3) is 7.69. The quantitative estimate of drug-likeness (QED) is 0.0714. The van der Waals surface area contributed by atoms with Crippen LogP contribution in [0.1, 0.15) is 150 Å². The Morgan fingerprint density at radius 3 is 1.61 bits per heavy atom. The van der Waals surface area contributed by atoms with Crippen LogP contribution in [-0.4, -0.2) is 11.6 Å². The number of para-hydroxylation sites is 1. The minimum Gasteiger partial charge on any atom is -0.455 e. The van der Waals surface area contributed by atoms with Gasteiger partial charge in [0.2, 0.25) is 0 Å². The van der Waals surface area contributed by atoms with Crippen LogP contribution in [0.15, 0.2) is 45.3 Å². The third-order valence-electron chi connectivity index (χ3n) is 9.64. The molecule has 0 fully saturated rings. The van der Waals surface area contributed by atoms with Crippen molar-refractivity contribution in [1.29, 1.82) is 0 Å². The van der Waals surface area contributed by atoms with E-state index in [2.05, 4.69) is 38.8 Å². The first-order valence-electron chi connectivity index (χ1n) is 17.4. The van der Waals surface area contributed by atoms with E-state index >= 15 is 0 Å². The van der Waals surface area contributed by atoms with E-state index in [1.165, 1.54) is 103 Å². The van der Waals surface area contributed by atoms with Crippen LogP contribution >= 0.6 is 31.9 Å². The number of hydrogen-bond acceptors (Lipinski definition) is 3. The largest absolute Gasteiger partial charge is 0.455 e. The maximum Gasteiger partial charge on any atom is 0.174 e. The van der Waals surface area contributed by atoms with Crippen molar-refractivity contribution in [3.8, 4) is 22.6 Å². The lowest BCUT2D eigenvalue weighted by Gasteiger charge is -2.29. The highest BCUT2D eigenvalue weighted by Crippen LogP contribution is 2.54. The molecule has 3 aromatic rings. The molecule has 0 bridgehead atoms. The second kappa shape index (κ2) is 16.5. The molecule has 0 saturated carbocycles. The molecule has 2 aliphatic rings. The van der Waals surface area contributed by atoms with Gasteiger partial charge in [0, 0.05) is 37.5 Å². The fourth-order valence-electron chi connectivity index (χ4n) is 7.17. The Morgan fingerprint density at radius 2 is 1.07 bits per heavy atom. The molecule has 3 aromatic carbocycles. The number of carbonyl (C=O) groups is 2. The van der Waals surface area contributed by atoms with Crippen molar-refractivity contribution in [2.24, 2.45) is 5.92 Å². The molecular weight excluding hydrogens is 676 g/mol. The lowest BCUT2D eigenvalue weighted by Crippen LogP contribution is -2.29. The summed E-state index contributed by atoms with van der Waals surface area (Å²) < 4.78 is 7.89. The number of benzene rings is 3. The van der Waals surface area contributed by atoms with Gasteiger partial charge in [-0.1, -0.05) is 157 Å². The lowest BCUT2D eigenvalue weighted by atomic mass is 9.76. The van der Waals surface area contributed by atoms with Crippen molar-refractivity contribution < 1.29 is 14.3 Å². The minimum absolute atomic E-state index is 0.0474. The Morgan fingerprint density at radius 1 is 0.591 bits per heavy atom. The Kier molecular flexibility index (Phi) is 12.6. The molecule has 1 atom stereocenters. The number of rotatable bonds is 19. The van der Waals surface area contributed by atoms with Crippen LogP contribution < -0.4 is 4.74 Å². The summed E-state index contributed by atoms with van der Waals surface area (Å²) in [5, 5.41) is 1.57. The first-order chi connectivity index (χ1) is 21.5. The van der Waals surface area contributed by atoms with Gasteiger partial charge >= 0.3 is 0 Å². The minimum atomic E-state index is -0.599. The number of ether oxygens (including phenoxy) is 1. The monoisotopic (exact) mass is 722 g/mol. The van der Waals surface area contributed by atoms with Crippen molar-refractivity contribution in [3.05, 3.63) is 56.5 Å². The highest BCUT2D eigenvalue weighted by atomic mass is 79.9. The Hall–Kier alpha value is -1.98. The molecule has 0 radical (unpaired) electrons. The average molecular weight is 725 g/mol. The Balaban J connectivity index is 1.04. The molecule has 236 valence electrons. The zero-order valence-electron chi connectivity index (χ0n) is 26.5. The average Bonchev–Trinajstić information content (AvgIpc) is 3.03. The van der Waals surface area contributed by atoms with Gasteiger partial charge in [-0.15, -0.1) is 0 Å². The van der Waals surface area contributed by atoms with Crippen LogP contribution in [0.2, 0.25) is 0 Å². The molecule has 44 heavy (non-hydrogen) atoms. The molecule has 0 spiro atoms. The molecule has 3 nitrogen and oxygen atoms in total. The van der Waals surface area contributed by atoms with Gasteiger partial charge in [0.05, 0.1) is 10.4 Å². The lowest BCUT2D eigenvalue weighted by molar-refractivity contribution is 0.0792. The van der Waals surface area contributed by atoms with Gasteiger partial charge in [-0.25, -0.2) is 0 Å². The molecule has 1 heterocycles. The molecule has 1 aliphatic heterocycles. The van der Waals surface area contributed by atoms with Crippen molar-refractivity contribution in [1.82, 2.24) is 0 Å². The standard InChI is InChI=1S/C39H48Br2O3/c1-2-3-4-5-6-7-8-9-10-11-12-13-14-15-16-17-18-19-23-28-37(42)29-25-31(40)35-27-22-20-21-24-33(27)44-39-32(41)26-30(38(28)43)34(29)36(35)39/h20-22,24-26,28H,2-19,23H2,1H3. The van der Waals surface area contributed by atoms with Crippen molar-refractivity contribution in [2.75, 3.05) is 0 Å². The molecule has 5 heteroatoms. The molecule has 1 aliphatic carbocycles. The summed E-state index contributed by atoms with van der Waals surface area (Å²) in [6.07, 6.45) is 24.5. The number of Topliss-reactive ketones (excluding diaryl/α,β-unsaturated/α-hetero) is 2. The SMILES string of the molecule is CCCCCCCCCCCCCCCCCCCCC1C(=O)c2cc(Br)c3c4c(c(Br)cc(c24)C1=O)-c1ccccc1O3. The van der Waals surface area contributed by atoms with E-state index in [4.69, 9.17) is 4.74 Å². The van der Waals surface area contributed by atoms with Gasteiger partial charge < -0.3 is 4.74 Å². The normalized spacial score (nSPS) is 15.1. The number of ketones is 2. The summed E-state index contributed by atoms with van der Waals surface area (Å²) >= 11 is 7.44. The molecule has 0 saturated heterocycles. The van der Waals surface area contributed by atoms with E-state index in [0.29, 0.717) is 23.3 Å². The van der Waals surface area contributed by atoms with Gasteiger partial charge in [0.1, 0.15) is 11.5 Å². The van der Waals surface area contributed by atoms with Gasteiger partial charge in [-0.3, -0.25) is 9.59 Å². The topological polar surface area (TPSA) is 43.4 Å². The van der Waals surface area contributed by atoms with Crippen LogP contribution in [-0.2, 0) is 0 Å². The number of unbranched alkanes of at least 4 members (excludes halogenated alkanes) is 17. The molecule has 0 N–H and O–H groups in total. The predicted octanol–water partition coefficient (Wildman–Crippen LogP) is 13.6. The van der Waals surface area contributed by atoms with Crippen molar-refractivity contribution in [3.63, 3.8) is 0 Å². The Labute approximate surface area is 281 Å². The van der Waals surface area contributed by atoms with Crippen LogP contribution in [0, 0.1) is 5.92 Å². The van der Waals surface area contributed by atoms with Gasteiger partial charge in [-0.2, -0.15) is 0 Å². The third-order valence-corrected chi connectivity index (χ3v) is 10.9. The maximum absolute atomic E-state index is 13.7. The molecule has 0 aromatic heterocycles. The van der Waals surface area contributed by atoms with Gasteiger partial charge in [0.25, 0.3) is 0 Å². The summed E-state index contributed by atoms with van der Waals surface area (Å²) in [5.74, 6) is 0.744. The summed E-state index contributed by atoms with van der Waals surface area (Å²) in [5.41, 5.74) is 3.21. The molecular formula is C39H48Br2O3. The van der Waals surface area contributed by atoms with E-state index in [0.717, 1.165) is 49.4 Å². The number of fused-ring (bicyclic) bond motifs is 2. The van der Waals surface area contributed by atoms with E-state index in [1.54, 1.807) is 0 Å². The highest BCUT2D eigenvalue weighted by Gasteiger charge is 2.39. The van der Waals surface area contributed by atoms with Crippen LogP contribution in [0.5, 0.6) is 11.5 Å². The highest BCUT2D eigenvalue weighted by molar-refractivity contribution is 9.11. The number of hydrogen-bond donors (Lipinski definition) is 0. The van der Waals surface area contributed by atoms with E-state index in [9.17, 15) is 9.59 Å². The summed E-state index contributed by atoms with van der Waals surface area (Å²) in [7, 11) is 0. The fourth-order valence-corrected chi connectivity index (χ4v) is 8.32. The predicted molar refractivity (Wildman–Crippen MR) is 190 cm³/mol. The van der Waals surface area contributed by atoms with E-state index in [-0.39, 0.29) is 11.6 Å². The number of halogens is 2. The molecule has 0 amide bonds. The van der Waals surface area contributed by atoms with Crippen LogP contribution in [0.3, 0.4) is 0 Å². The summed E-state index contributed by atoms with van der Waals surface area (Å²) in [4.78, 5) is 27.5. The fraction of sp³-hybridized carbons (Fsp3) is 0.538. The first-order valence-corrected chi connectivity index (χ1v) is 19.0. The first kappa shape index (κ1) is 33.4. The van der Waals surface area contributed by atoms with Crippen LogP contribution in [0.4, 0.5) is 0 Å². The van der Waals surface area contributed by atoms with Crippen molar-refractivity contribution in [2.45, 2.75) is 129 Å². The zero-order chi connectivity index (χ0) is 30.9. The zero-order valence-corrected chi connectivity index (χ0v) is 29.6. The smallest absolute Gasteiger partial charge is 0.174 e.